The molecule has 2 heterocycles. The summed E-state index contributed by atoms with van der Waals surface area (Å²) in [6.07, 6.45) is 1.29. The standard InChI is InChI=1S/C19H24N4O4S/c1-15(24)21-8-6-16(7-9-21)19(25)22-10-12-23(13-11-22)28(26,27)18-5-3-2-4-17(18)14-20/h2-5,16H,6-13H2,1H3. The lowest BCUT2D eigenvalue weighted by atomic mass is 9.95. The number of piperazine rings is 1. The van der Waals surface area contributed by atoms with Crippen LogP contribution in [-0.4, -0.2) is 73.6 Å². The highest BCUT2D eigenvalue weighted by atomic mass is 32.2. The molecule has 0 bridgehead atoms. The number of nitriles is 1. The van der Waals surface area contributed by atoms with E-state index >= 15 is 0 Å². The summed E-state index contributed by atoms with van der Waals surface area (Å²) in [7, 11) is -3.77. The zero-order valence-corrected chi connectivity index (χ0v) is 16.7. The molecule has 0 atom stereocenters. The van der Waals surface area contributed by atoms with Crippen molar-refractivity contribution < 1.29 is 18.0 Å². The van der Waals surface area contributed by atoms with E-state index in [2.05, 4.69) is 0 Å². The number of carbonyl (C=O) groups is 2. The number of sulfonamides is 1. The molecule has 0 radical (unpaired) electrons. The number of carbonyl (C=O) groups excluding carboxylic acids is 2. The molecule has 28 heavy (non-hydrogen) atoms. The minimum Gasteiger partial charge on any atom is -0.343 e. The molecule has 2 saturated heterocycles. The van der Waals surface area contributed by atoms with E-state index < -0.39 is 10.0 Å². The third kappa shape index (κ3) is 4.03. The maximum Gasteiger partial charge on any atom is 0.244 e. The summed E-state index contributed by atoms with van der Waals surface area (Å²) in [5.74, 6) is -0.0434. The number of nitrogens with zero attached hydrogens (tertiary/aromatic N) is 4. The molecule has 150 valence electrons. The van der Waals surface area contributed by atoms with Gasteiger partial charge < -0.3 is 9.80 Å². The normalized spacial score (nSPS) is 19.3. The van der Waals surface area contributed by atoms with Crippen molar-refractivity contribution in [2.75, 3.05) is 39.3 Å². The predicted octanol–water partition coefficient (Wildman–Crippen LogP) is 0.650. The fourth-order valence-electron chi connectivity index (χ4n) is 3.77. The Morgan fingerprint density at radius 2 is 1.61 bits per heavy atom. The van der Waals surface area contributed by atoms with E-state index in [9.17, 15) is 23.3 Å². The summed E-state index contributed by atoms with van der Waals surface area (Å²) in [4.78, 5) is 27.7. The maximum absolute atomic E-state index is 12.9. The molecule has 0 N–H and O–H groups in total. The zero-order chi connectivity index (χ0) is 20.3. The van der Waals surface area contributed by atoms with Crippen LogP contribution in [0.15, 0.2) is 29.2 Å². The van der Waals surface area contributed by atoms with Crippen LogP contribution in [0, 0.1) is 17.2 Å². The van der Waals surface area contributed by atoms with Gasteiger partial charge in [-0.1, -0.05) is 12.1 Å². The van der Waals surface area contributed by atoms with Gasteiger partial charge in [0.15, 0.2) is 0 Å². The molecule has 3 rings (SSSR count). The van der Waals surface area contributed by atoms with Gasteiger partial charge in [0.1, 0.15) is 6.07 Å². The smallest absolute Gasteiger partial charge is 0.244 e. The molecule has 0 aliphatic carbocycles. The average Bonchev–Trinajstić information content (AvgIpc) is 2.73. The molecule has 0 saturated carbocycles. The quantitative estimate of drug-likeness (QED) is 0.736. The Morgan fingerprint density at radius 1 is 1.00 bits per heavy atom. The van der Waals surface area contributed by atoms with Gasteiger partial charge in [-0.2, -0.15) is 9.57 Å². The van der Waals surface area contributed by atoms with Crippen molar-refractivity contribution in [3.05, 3.63) is 29.8 Å². The van der Waals surface area contributed by atoms with Gasteiger partial charge in [0.25, 0.3) is 0 Å². The lowest BCUT2D eigenvalue weighted by Crippen LogP contribution is -2.53. The summed E-state index contributed by atoms with van der Waals surface area (Å²) >= 11 is 0. The van der Waals surface area contributed by atoms with E-state index in [0.29, 0.717) is 39.0 Å². The SMILES string of the molecule is CC(=O)N1CCC(C(=O)N2CCN(S(=O)(=O)c3ccccc3C#N)CC2)CC1. The molecule has 2 aliphatic rings. The molecule has 1 aromatic carbocycles. The van der Waals surface area contributed by atoms with Crippen LogP contribution in [0.1, 0.15) is 25.3 Å². The van der Waals surface area contributed by atoms with Gasteiger partial charge in [-0.15, -0.1) is 0 Å². The molecular formula is C19H24N4O4S. The maximum atomic E-state index is 12.9. The summed E-state index contributed by atoms with van der Waals surface area (Å²) in [6, 6.07) is 8.08. The van der Waals surface area contributed by atoms with Crippen molar-refractivity contribution in [1.82, 2.24) is 14.1 Å². The number of hydrogen-bond donors (Lipinski definition) is 0. The second-order valence-electron chi connectivity index (χ2n) is 7.12. The van der Waals surface area contributed by atoms with Crippen molar-refractivity contribution in [2.24, 2.45) is 5.92 Å². The Kier molecular flexibility index (Phi) is 6.01. The third-order valence-electron chi connectivity index (χ3n) is 5.47. The monoisotopic (exact) mass is 404 g/mol. The van der Waals surface area contributed by atoms with Crippen LogP contribution in [0.3, 0.4) is 0 Å². The summed E-state index contributed by atoms with van der Waals surface area (Å²) in [6.45, 7) is 3.79. The van der Waals surface area contributed by atoms with Crippen molar-refractivity contribution in [3.8, 4) is 6.07 Å². The van der Waals surface area contributed by atoms with E-state index in [1.165, 1.54) is 23.4 Å². The molecular weight excluding hydrogens is 380 g/mol. The molecule has 9 heteroatoms. The molecule has 2 aliphatic heterocycles. The molecule has 2 amide bonds. The Labute approximate surface area is 165 Å². The minimum absolute atomic E-state index is 0.00822. The van der Waals surface area contributed by atoms with E-state index in [4.69, 9.17) is 0 Å². The second kappa shape index (κ2) is 8.29. The number of benzene rings is 1. The molecule has 1 aromatic rings. The number of piperidine rings is 1. The summed E-state index contributed by atoms with van der Waals surface area (Å²) in [5.41, 5.74) is 0.123. The summed E-state index contributed by atoms with van der Waals surface area (Å²) < 4.78 is 27.1. The number of amides is 2. The Bertz CT molecular complexity index is 893. The molecule has 8 nitrogen and oxygen atoms in total. The van der Waals surface area contributed by atoms with Crippen LogP contribution in [0.2, 0.25) is 0 Å². The number of likely N-dealkylation sites (tertiary alicyclic amines) is 1. The predicted molar refractivity (Wildman–Crippen MR) is 101 cm³/mol. The van der Waals surface area contributed by atoms with E-state index in [1.807, 2.05) is 6.07 Å². The lowest BCUT2D eigenvalue weighted by Gasteiger charge is -2.38. The van der Waals surface area contributed by atoms with Crippen LogP contribution in [0.25, 0.3) is 0 Å². The first-order valence-corrected chi connectivity index (χ1v) is 10.8. The Morgan fingerprint density at radius 3 is 2.18 bits per heavy atom. The topological polar surface area (TPSA) is 102 Å². The fraction of sp³-hybridized carbons (Fsp3) is 0.526. The van der Waals surface area contributed by atoms with Gasteiger partial charge in [-0.25, -0.2) is 8.42 Å². The first kappa shape index (κ1) is 20.3. The van der Waals surface area contributed by atoms with Crippen LogP contribution < -0.4 is 0 Å². The van der Waals surface area contributed by atoms with Gasteiger partial charge in [0.2, 0.25) is 21.8 Å². The third-order valence-corrected chi connectivity index (χ3v) is 7.42. The second-order valence-corrected chi connectivity index (χ2v) is 9.02. The molecule has 0 spiro atoms. The van der Waals surface area contributed by atoms with Crippen LogP contribution in [0.4, 0.5) is 0 Å². The lowest BCUT2D eigenvalue weighted by molar-refractivity contribution is -0.141. The molecule has 0 unspecified atom stereocenters. The van der Waals surface area contributed by atoms with Crippen molar-refractivity contribution >= 4 is 21.8 Å². The number of rotatable bonds is 3. The highest BCUT2D eigenvalue weighted by Crippen LogP contribution is 2.24. The van der Waals surface area contributed by atoms with Crippen LogP contribution >= 0.6 is 0 Å². The minimum atomic E-state index is -3.77. The van der Waals surface area contributed by atoms with E-state index in [-0.39, 0.29) is 41.3 Å². The highest BCUT2D eigenvalue weighted by Gasteiger charge is 2.34. The van der Waals surface area contributed by atoms with Crippen molar-refractivity contribution in [3.63, 3.8) is 0 Å². The van der Waals surface area contributed by atoms with Gasteiger partial charge in [-0.05, 0) is 25.0 Å². The first-order valence-electron chi connectivity index (χ1n) is 9.38. The Hall–Kier alpha value is -2.44. The van der Waals surface area contributed by atoms with Gasteiger partial charge in [-0.3, -0.25) is 9.59 Å². The van der Waals surface area contributed by atoms with Crippen LogP contribution in [-0.2, 0) is 19.6 Å². The number of hydrogen-bond acceptors (Lipinski definition) is 5. The zero-order valence-electron chi connectivity index (χ0n) is 15.9. The van der Waals surface area contributed by atoms with Crippen molar-refractivity contribution in [1.29, 1.82) is 5.26 Å². The molecule has 2 fully saturated rings. The van der Waals surface area contributed by atoms with Crippen molar-refractivity contribution in [2.45, 2.75) is 24.7 Å². The largest absolute Gasteiger partial charge is 0.343 e. The highest BCUT2D eigenvalue weighted by molar-refractivity contribution is 7.89. The van der Waals surface area contributed by atoms with E-state index in [1.54, 1.807) is 21.9 Å². The van der Waals surface area contributed by atoms with Gasteiger partial charge in [0, 0.05) is 52.1 Å². The summed E-state index contributed by atoms with van der Waals surface area (Å²) in [5, 5.41) is 9.18. The first-order chi connectivity index (χ1) is 13.3. The molecule has 0 aromatic heterocycles. The average molecular weight is 404 g/mol. The fourth-order valence-corrected chi connectivity index (χ4v) is 5.34. The Balaban J connectivity index is 1.61. The van der Waals surface area contributed by atoms with E-state index in [0.717, 1.165) is 0 Å². The van der Waals surface area contributed by atoms with Gasteiger partial charge >= 0.3 is 0 Å². The van der Waals surface area contributed by atoms with Gasteiger partial charge in [0.05, 0.1) is 10.5 Å². The van der Waals surface area contributed by atoms with Crippen LogP contribution in [0.5, 0.6) is 0 Å².